The second kappa shape index (κ2) is 6.89. The van der Waals surface area contributed by atoms with Crippen LogP contribution in [0.15, 0.2) is 24.3 Å². The number of piperazine rings is 1. The fourth-order valence-corrected chi connectivity index (χ4v) is 3.69. The molecule has 0 spiro atoms. The second-order valence-corrected chi connectivity index (χ2v) is 6.51. The van der Waals surface area contributed by atoms with E-state index < -0.39 is 5.60 Å². The van der Waals surface area contributed by atoms with Crippen LogP contribution in [-0.4, -0.2) is 62.8 Å². The molecule has 2 aliphatic heterocycles. The zero-order valence-electron chi connectivity index (χ0n) is 14.2. The normalized spacial score (nSPS) is 21.3. The topological polar surface area (TPSA) is 44.8 Å². The highest BCUT2D eigenvalue weighted by molar-refractivity contribution is 5.85. The van der Waals surface area contributed by atoms with Crippen molar-refractivity contribution in [1.29, 1.82) is 0 Å². The predicted octanol–water partition coefficient (Wildman–Crippen LogP) is 1.41. The number of anilines is 1. The van der Waals surface area contributed by atoms with Gasteiger partial charge in [-0.3, -0.25) is 4.79 Å². The van der Waals surface area contributed by atoms with Gasteiger partial charge in [-0.05, 0) is 44.5 Å². The number of nitrogens with one attached hydrogen (secondary N) is 1. The average Bonchev–Trinajstić information content (AvgIpc) is 2.62. The first-order valence-corrected chi connectivity index (χ1v) is 8.52. The molecule has 126 valence electrons. The number of carbonyl (C=O) groups is 1. The molecule has 1 aromatic rings. The van der Waals surface area contributed by atoms with Crippen molar-refractivity contribution in [3.05, 3.63) is 29.8 Å². The van der Waals surface area contributed by atoms with Gasteiger partial charge in [-0.2, -0.15) is 0 Å². The first-order valence-electron chi connectivity index (χ1n) is 8.52. The summed E-state index contributed by atoms with van der Waals surface area (Å²) in [5.41, 5.74) is 1.96. The van der Waals surface area contributed by atoms with Crippen molar-refractivity contribution in [2.24, 2.45) is 0 Å². The number of benzene rings is 1. The van der Waals surface area contributed by atoms with Crippen molar-refractivity contribution < 1.29 is 9.53 Å². The average molecular weight is 317 g/mol. The van der Waals surface area contributed by atoms with Crippen molar-refractivity contribution in [1.82, 2.24) is 10.2 Å². The van der Waals surface area contributed by atoms with Gasteiger partial charge in [0.1, 0.15) is 5.60 Å². The van der Waals surface area contributed by atoms with Crippen LogP contribution >= 0.6 is 0 Å². The van der Waals surface area contributed by atoms with Gasteiger partial charge in [-0.1, -0.05) is 18.2 Å². The molecule has 23 heavy (non-hydrogen) atoms. The van der Waals surface area contributed by atoms with Crippen LogP contribution in [0.5, 0.6) is 0 Å². The molecular weight excluding hydrogens is 290 g/mol. The van der Waals surface area contributed by atoms with E-state index in [1.54, 1.807) is 7.11 Å². The fourth-order valence-electron chi connectivity index (χ4n) is 3.69. The first kappa shape index (κ1) is 16.3. The lowest BCUT2D eigenvalue weighted by atomic mass is 9.90. The summed E-state index contributed by atoms with van der Waals surface area (Å²) in [6, 6.07) is 8.45. The minimum Gasteiger partial charge on any atom is -0.368 e. The monoisotopic (exact) mass is 317 g/mol. The molecule has 0 saturated carbocycles. The summed E-state index contributed by atoms with van der Waals surface area (Å²) in [6.07, 6.45) is 1.53. The Kier molecular flexibility index (Phi) is 4.87. The maximum Gasteiger partial charge on any atom is 0.255 e. The van der Waals surface area contributed by atoms with Crippen LogP contribution in [0.3, 0.4) is 0 Å². The van der Waals surface area contributed by atoms with Crippen LogP contribution in [0.25, 0.3) is 0 Å². The number of para-hydroxylation sites is 1. The molecule has 1 N–H and O–H groups in total. The minimum atomic E-state index is -0.615. The smallest absolute Gasteiger partial charge is 0.255 e. The Morgan fingerprint density at radius 3 is 2.39 bits per heavy atom. The molecule has 2 fully saturated rings. The second-order valence-electron chi connectivity index (χ2n) is 6.51. The highest BCUT2D eigenvalue weighted by atomic mass is 16.5. The molecule has 1 aromatic carbocycles. The van der Waals surface area contributed by atoms with Gasteiger partial charge in [0.05, 0.1) is 0 Å². The number of methoxy groups -OCH3 is 1. The number of rotatable bonds is 3. The molecule has 5 nitrogen and oxygen atoms in total. The molecule has 2 heterocycles. The number of ether oxygens (including phenoxy) is 1. The molecule has 3 rings (SSSR count). The molecule has 0 unspecified atom stereocenters. The molecule has 0 aliphatic carbocycles. The Hall–Kier alpha value is -1.59. The van der Waals surface area contributed by atoms with Crippen LogP contribution < -0.4 is 10.2 Å². The molecular formula is C18H27N3O2. The van der Waals surface area contributed by atoms with Gasteiger partial charge in [0.15, 0.2) is 0 Å². The van der Waals surface area contributed by atoms with E-state index in [9.17, 15) is 4.79 Å². The highest BCUT2D eigenvalue weighted by Gasteiger charge is 2.43. The molecule has 0 radical (unpaired) electrons. The van der Waals surface area contributed by atoms with E-state index in [0.717, 1.165) is 52.1 Å². The maximum atomic E-state index is 13.0. The van der Waals surface area contributed by atoms with Crippen LogP contribution in [0, 0.1) is 6.92 Å². The van der Waals surface area contributed by atoms with Gasteiger partial charge >= 0.3 is 0 Å². The number of nitrogens with zero attached hydrogens (tertiary/aromatic N) is 2. The van der Waals surface area contributed by atoms with E-state index in [1.165, 1.54) is 11.3 Å². The largest absolute Gasteiger partial charge is 0.368 e. The minimum absolute atomic E-state index is 0.172. The summed E-state index contributed by atoms with van der Waals surface area (Å²) in [5.74, 6) is 0.172. The molecule has 0 bridgehead atoms. The number of piperidine rings is 1. The van der Waals surface area contributed by atoms with Crippen LogP contribution in [-0.2, 0) is 9.53 Å². The predicted molar refractivity (Wildman–Crippen MR) is 91.8 cm³/mol. The van der Waals surface area contributed by atoms with E-state index in [1.807, 2.05) is 4.90 Å². The zero-order chi connectivity index (χ0) is 16.3. The van der Waals surface area contributed by atoms with Crippen LogP contribution in [0.2, 0.25) is 0 Å². The van der Waals surface area contributed by atoms with Gasteiger partial charge in [0.2, 0.25) is 0 Å². The number of hydrogen-bond acceptors (Lipinski definition) is 4. The number of aryl methyl sites for hydroxylation is 1. The maximum absolute atomic E-state index is 13.0. The lowest BCUT2D eigenvalue weighted by Gasteiger charge is -2.42. The highest BCUT2D eigenvalue weighted by Crippen LogP contribution is 2.27. The molecule has 0 aromatic heterocycles. The summed E-state index contributed by atoms with van der Waals surface area (Å²) in [6.45, 7) is 7.15. The molecule has 0 atom stereocenters. The number of hydrogen-bond donors (Lipinski definition) is 1. The van der Waals surface area contributed by atoms with E-state index in [2.05, 4.69) is 41.4 Å². The summed E-state index contributed by atoms with van der Waals surface area (Å²) >= 11 is 0. The molecule has 1 amide bonds. The SMILES string of the molecule is COC1(C(=O)N2CCN(c3ccccc3C)CC2)CCNCC1. The fraction of sp³-hybridized carbons (Fsp3) is 0.611. The summed E-state index contributed by atoms with van der Waals surface area (Å²) in [7, 11) is 1.67. The Morgan fingerprint density at radius 1 is 1.13 bits per heavy atom. The van der Waals surface area contributed by atoms with Gasteiger partial charge < -0.3 is 19.9 Å². The third-order valence-electron chi connectivity index (χ3n) is 5.21. The molecule has 2 saturated heterocycles. The van der Waals surface area contributed by atoms with Crippen molar-refractivity contribution >= 4 is 11.6 Å². The quantitative estimate of drug-likeness (QED) is 0.916. The van der Waals surface area contributed by atoms with Gasteiger partial charge in [-0.25, -0.2) is 0 Å². The van der Waals surface area contributed by atoms with E-state index in [4.69, 9.17) is 4.74 Å². The summed E-state index contributed by atoms with van der Waals surface area (Å²) in [4.78, 5) is 17.3. The third kappa shape index (κ3) is 3.21. The van der Waals surface area contributed by atoms with E-state index in [0.29, 0.717) is 0 Å². The van der Waals surface area contributed by atoms with E-state index in [-0.39, 0.29) is 5.91 Å². The van der Waals surface area contributed by atoms with Crippen LogP contribution in [0.1, 0.15) is 18.4 Å². The van der Waals surface area contributed by atoms with E-state index >= 15 is 0 Å². The lowest BCUT2D eigenvalue weighted by Crippen LogP contribution is -2.59. The van der Waals surface area contributed by atoms with Gasteiger partial charge in [0, 0.05) is 39.0 Å². The molecule has 2 aliphatic rings. The Balaban J connectivity index is 1.64. The summed E-state index contributed by atoms with van der Waals surface area (Å²) in [5, 5.41) is 3.31. The van der Waals surface area contributed by atoms with Crippen molar-refractivity contribution in [3.8, 4) is 0 Å². The van der Waals surface area contributed by atoms with Crippen molar-refractivity contribution in [2.45, 2.75) is 25.4 Å². The summed E-state index contributed by atoms with van der Waals surface area (Å²) < 4.78 is 5.68. The standard InChI is InChI=1S/C18H27N3O2/c1-15-5-3-4-6-16(15)20-11-13-21(14-12-20)17(22)18(23-2)7-9-19-10-8-18/h3-6,19H,7-14H2,1-2H3. The lowest BCUT2D eigenvalue weighted by molar-refractivity contribution is -0.158. The zero-order valence-corrected chi connectivity index (χ0v) is 14.2. The van der Waals surface area contributed by atoms with Gasteiger partial charge in [0.25, 0.3) is 5.91 Å². The molecule has 5 heteroatoms. The van der Waals surface area contributed by atoms with Gasteiger partial charge in [-0.15, -0.1) is 0 Å². The van der Waals surface area contributed by atoms with Crippen molar-refractivity contribution in [3.63, 3.8) is 0 Å². The third-order valence-corrected chi connectivity index (χ3v) is 5.21. The first-order chi connectivity index (χ1) is 11.2. The Bertz CT molecular complexity index is 547. The van der Waals surface area contributed by atoms with Crippen LogP contribution in [0.4, 0.5) is 5.69 Å². The Morgan fingerprint density at radius 2 is 1.78 bits per heavy atom. The number of amides is 1. The number of carbonyl (C=O) groups excluding carboxylic acids is 1. The Labute approximate surface area is 138 Å². The van der Waals surface area contributed by atoms with Crippen molar-refractivity contribution in [2.75, 3.05) is 51.3 Å².